The molecule has 0 aliphatic heterocycles. The van der Waals surface area contributed by atoms with E-state index in [1.165, 1.54) is 29.5 Å². The summed E-state index contributed by atoms with van der Waals surface area (Å²) < 4.78 is 17.9. The van der Waals surface area contributed by atoms with E-state index in [1.807, 2.05) is 6.92 Å². The molecule has 0 spiro atoms. The van der Waals surface area contributed by atoms with Crippen LogP contribution in [0.25, 0.3) is 6.08 Å². The fourth-order valence-corrected chi connectivity index (χ4v) is 2.96. The smallest absolute Gasteiger partial charge is 0.341 e. The van der Waals surface area contributed by atoms with Gasteiger partial charge in [-0.25, -0.2) is 9.18 Å². The molecular weight excluding hydrogens is 329 g/mol. The maximum atomic E-state index is 12.8. The second-order valence-electron chi connectivity index (χ2n) is 4.90. The molecule has 0 atom stereocenters. The summed E-state index contributed by atoms with van der Waals surface area (Å²) >= 11 is 1.35. The van der Waals surface area contributed by atoms with Gasteiger partial charge in [0, 0.05) is 11.0 Å². The number of nitrogens with one attached hydrogen (secondary N) is 1. The van der Waals surface area contributed by atoms with E-state index >= 15 is 0 Å². The number of carbonyl (C=O) groups is 2. The maximum Gasteiger partial charge on any atom is 0.341 e. The summed E-state index contributed by atoms with van der Waals surface area (Å²) in [5, 5.41) is 3.18. The van der Waals surface area contributed by atoms with Gasteiger partial charge >= 0.3 is 5.97 Å². The first kappa shape index (κ1) is 17.9. The highest BCUT2D eigenvalue weighted by Crippen LogP contribution is 2.29. The minimum atomic E-state index is -0.453. The van der Waals surface area contributed by atoms with Crippen molar-refractivity contribution in [3.8, 4) is 0 Å². The van der Waals surface area contributed by atoms with Crippen molar-refractivity contribution in [2.24, 2.45) is 0 Å². The number of halogens is 1. The van der Waals surface area contributed by atoms with Gasteiger partial charge in [0.25, 0.3) is 0 Å². The Bertz CT molecular complexity index is 750. The summed E-state index contributed by atoms with van der Waals surface area (Å²) in [4.78, 5) is 25.0. The number of ether oxygens (including phenoxy) is 1. The monoisotopic (exact) mass is 347 g/mol. The molecule has 1 aromatic carbocycles. The van der Waals surface area contributed by atoms with Gasteiger partial charge in [-0.15, -0.1) is 11.3 Å². The van der Waals surface area contributed by atoms with E-state index in [0.29, 0.717) is 16.1 Å². The zero-order valence-corrected chi connectivity index (χ0v) is 14.3. The molecule has 0 saturated heterocycles. The number of rotatable bonds is 6. The molecule has 2 rings (SSSR count). The molecular formula is C18H18FNO3S. The summed E-state index contributed by atoms with van der Waals surface area (Å²) in [6.07, 6.45) is 3.68. The molecule has 0 fully saturated rings. The zero-order chi connectivity index (χ0) is 17.5. The van der Waals surface area contributed by atoms with Crippen LogP contribution in [0.5, 0.6) is 0 Å². The molecule has 126 valence electrons. The van der Waals surface area contributed by atoms with Crippen LogP contribution < -0.4 is 5.32 Å². The van der Waals surface area contributed by atoms with Gasteiger partial charge in [0.1, 0.15) is 10.8 Å². The Morgan fingerprint density at radius 2 is 1.96 bits per heavy atom. The Kier molecular flexibility index (Phi) is 6.26. The summed E-state index contributed by atoms with van der Waals surface area (Å²) in [6, 6.07) is 7.53. The first-order valence-corrected chi connectivity index (χ1v) is 8.39. The van der Waals surface area contributed by atoms with Crippen molar-refractivity contribution in [2.45, 2.75) is 20.3 Å². The number of thiophene rings is 1. The van der Waals surface area contributed by atoms with Crippen molar-refractivity contribution < 1.29 is 18.7 Å². The van der Waals surface area contributed by atoms with Crippen LogP contribution in [-0.4, -0.2) is 18.5 Å². The Morgan fingerprint density at radius 1 is 1.25 bits per heavy atom. The second-order valence-corrected chi connectivity index (χ2v) is 6.04. The molecule has 1 heterocycles. The van der Waals surface area contributed by atoms with Crippen molar-refractivity contribution in [1.82, 2.24) is 0 Å². The van der Waals surface area contributed by atoms with Crippen LogP contribution in [0.1, 0.15) is 34.6 Å². The van der Waals surface area contributed by atoms with Crippen molar-refractivity contribution in [2.75, 3.05) is 11.9 Å². The summed E-state index contributed by atoms with van der Waals surface area (Å²) in [5.41, 5.74) is 1.07. The van der Waals surface area contributed by atoms with Gasteiger partial charge in [-0.3, -0.25) is 4.79 Å². The van der Waals surface area contributed by atoms with Gasteiger partial charge in [-0.1, -0.05) is 19.1 Å². The number of hydrogen-bond acceptors (Lipinski definition) is 4. The number of benzene rings is 1. The largest absolute Gasteiger partial charge is 0.462 e. The van der Waals surface area contributed by atoms with Crippen LogP contribution in [0, 0.1) is 5.82 Å². The summed E-state index contributed by atoms with van der Waals surface area (Å²) in [6.45, 7) is 3.98. The lowest BCUT2D eigenvalue weighted by Crippen LogP contribution is -2.11. The number of hydrogen-bond donors (Lipinski definition) is 1. The predicted molar refractivity (Wildman–Crippen MR) is 93.7 cm³/mol. The lowest BCUT2D eigenvalue weighted by atomic mass is 10.2. The number of esters is 1. The SMILES string of the molecule is CCOC(=O)c1cc(CC)sc1NC(=O)C=Cc1ccc(F)cc1. The van der Waals surface area contributed by atoms with Crippen molar-refractivity contribution in [3.63, 3.8) is 0 Å². The highest BCUT2D eigenvalue weighted by atomic mass is 32.1. The molecule has 24 heavy (non-hydrogen) atoms. The van der Waals surface area contributed by atoms with E-state index in [2.05, 4.69) is 5.32 Å². The molecule has 0 aliphatic rings. The number of aryl methyl sites for hydroxylation is 1. The third-order valence-electron chi connectivity index (χ3n) is 3.16. The first-order valence-electron chi connectivity index (χ1n) is 7.58. The zero-order valence-electron chi connectivity index (χ0n) is 13.5. The number of anilines is 1. The lowest BCUT2D eigenvalue weighted by Gasteiger charge is -2.03. The van der Waals surface area contributed by atoms with Gasteiger partial charge in [0.05, 0.1) is 12.2 Å². The average molecular weight is 347 g/mol. The predicted octanol–water partition coefficient (Wildman–Crippen LogP) is 4.28. The van der Waals surface area contributed by atoms with Gasteiger partial charge in [-0.2, -0.15) is 0 Å². The molecule has 0 saturated carbocycles. The number of amides is 1. The molecule has 0 aliphatic carbocycles. The average Bonchev–Trinajstić information content (AvgIpc) is 2.97. The Labute approximate surface area is 144 Å². The van der Waals surface area contributed by atoms with Crippen molar-refractivity contribution in [1.29, 1.82) is 0 Å². The minimum absolute atomic E-state index is 0.272. The summed E-state index contributed by atoms with van der Waals surface area (Å²) in [5.74, 6) is -1.15. The van der Waals surface area contributed by atoms with E-state index in [0.717, 1.165) is 11.3 Å². The highest BCUT2D eigenvalue weighted by Gasteiger charge is 2.17. The van der Waals surface area contributed by atoms with Crippen LogP contribution in [0.4, 0.5) is 9.39 Å². The Balaban J connectivity index is 2.11. The third kappa shape index (κ3) is 4.76. The van der Waals surface area contributed by atoms with Crippen LogP contribution in [0.3, 0.4) is 0 Å². The summed E-state index contributed by atoms with van der Waals surface area (Å²) in [7, 11) is 0. The molecule has 0 unspecified atom stereocenters. The quantitative estimate of drug-likeness (QED) is 0.627. The molecule has 6 heteroatoms. The van der Waals surface area contributed by atoms with Crippen LogP contribution >= 0.6 is 11.3 Å². The topological polar surface area (TPSA) is 55.4 Å². The molecule has 1 aromatic heterocycles. The Morgan fingerprint density at radius 3 is 2.58 bits per heavy atom. The first-order chi connectivity index (χ1) is 11.5. The van der Waals surface area contributed by atoms with Gasteiger partial charge in [0.15, 0.2) is 0 Å². The van der Waals surface area contributed by atoms with Crippen LogP contribution in [-0.2, 0) is 16.0 Å². The number of carbonyl (C=O) groups excluding carboxylic acids is 2. The van der Waals surface area contributed by atoms with E-state index < -0.39 is 5.97 Å². The van der Waals surface area contributed by atoms with E-state index in [1.54, 1.807) is 31.2 Å². The highest BCUT2D eigenvalue weighted by molar-refractivity contribution is 7.16. The van der Waals surface area contributed by atoms with Crippen molar-refractivity contribution in [3.05, 3.63) is 58.2 Å². The normalized spacial score (nSPS) is 10.8. The Hall–Kier alpha value is -2.47. The molecule has 4 nitrogen and oxygen atoms in total. The molecule has 1 N–H and O–H groups in total. The molecule has 1 amide bonds. The fourth-order valence-electron chi connectivity index (χ4n) is 1.97. The molecule has 0 bridgehead atoms. The van der Waals surface area contributed by atoms with Crippen LogP contribution in [0.15, 0.2) is 36.4 Å². The van der Waals surface area contributed by atoms with Gasteiger partial charge in [0.2, 0.25) is 5.91 Å². The lowest BCUT2D eigenvalue weighted by molar-refractivity contribution is -0.111. The van der Waals surface area contributed by atoms with Gasteiger partial charge in [-0.05, 0) is 43.2 Å². The fraction of sp³-hybridized carbons (Fsp3) is 0.222. The minimum Gasteiger partial charge on any atom is -0.462 e. The standard InChI is InChI=1S/C18H18FNO3S/c1-3-14-11-15(18(22)23-4-2)17(24-14)20-16(21)10-7-12-5-8-13(19)9-6-12/h5-11H,3-4H2,1-2H3,(H,20,21). The van der Waals surface area contributed by atoms with Crippen LogP contribution in [0.2, 0.25) is 0 Å². The van der Waals surface area contributed by atoms with E-state index in [-0.39, 0.29) is 18.3 Å². The molecule has 2 aromatic rings. The maximum absolute atomic E-state index is 12.8. The van der Waals surface area contributed by atoms with Gasteiger partial charge < -0.3 is 10.1 Å². The third-order valence-corrected chi connectivity index (χ3v) is 4.36. The second kappa shape index (κ2) is 8.40. The van der Waals surface area contributed by atoms with Crippen molar-refractivity contribution >= 4 is 34.3 Å². The van der Waals surface area contributed by atoms with E-state index in [9.17, 15) is 14.0 Å². The molecule has 0 radical (unpaired) electrons. The van der Waals surface area contributed by atoms with E-state index in [4.69, 9.17) is 4.74 Å².